The van der Waals surface area contributed by atoms with Gasteiger partial charge in [-0.25, -0.2) is 8.78 Å². The summed E-state index contributed by atoms with van der Waals surface area (Å²) in [5.41, 5.74) is 0.912. The molecule has 0 aromatic heterocycles. The quantitative estimate of drug-likeness (QED) is 0.798. The third kappa shape index (κ3) is 6.78. The molecule has 0 saturated heterocycles. The lowest BCUT2D eigenvalue weighted by atomic mass is 10.1. The van der Waals surface area contributed by atoms with Crippen molar-refractivity contribution in [3.63, 3.8) is 0 Å². The van der Waals surface area contributed by atoms with Crippen LogP contribution in [0.4, 0.5) is 22.0 Å². The number of amides is 1. The minimum atomic E-state index is -4.77. The molecule has 8 heteroatoms. The molecule has 1 amide bonds. The Morgan fingerprint density at radius 2 is 1.56 bits per heavy atom. The van der Waals surface area contributed by atoms with Crippen molar-refractivity contribution in [3.05, 3.63) is 65.2 Å². The first kappa shape index (κ1) is 18.7. The summed E-state index contributed by atoms with van der Waals surface area (Å²) < 4.78 is 65.9. The molecule has 0 bridgehead atoms. The molecule has 2 aromatic carbocycles. The van der Waals surface area contributed by atoms with Gasteiger partial charge in [-0.05, 0) is 41.8 Å². The lowest BCUT2D eigenvalue weighted by Gasteiger charge is -2.09. The Bertz CT molecular complexity index is 709. The number of ether oxygens (including phenoxy) is 1. The van der Waals surface area contributed by atoms with Crippen molar-refractivity contribution in [2.45, 2.75) is 19.2 Å². The molecule has 134 valence electrons. The molecule has 3 nitrogen and oxygen atoms in total. The summed E-state index contributed by atoms with van der Waals surface area (Å²) in [6, 6.07) is 8.04. The van der Waals surface area contributed by atoms with E-state index in [1.807, 2.05) is 0 Å². The van der Waals surface area contributed by atoms with E-state index in [9.17, 15) is 26.7 Å². The number of benzene rings is 2. The van der Waals surface area contributed by atoms with Crippen LogP contribution in [0.5, 0.6) is 5.75 Å². The number of alkyl halides is 3. The molecule has 0 heterocycles. The first-order valence-electron chi connectivity index (χ1n) is 7.27. The number of halogens is 5. The summed E-state index contributed by atoms with van der Waals surface area (Å²) in [4.78, 5) is 11.8. The minimum absolute atomic E-state index is 0.0379. The maximum atomic E-state index is 13.0. The van der Waals surface area contributed by atoms with Crippen LogP contribution in [0.25, 0.3) is 0 Å². The van der Waals surface area contributed by atoms with Crippen LogP contribution in [0.1, 0.15) is 11.1 Å². The maximum absolute atomic E-state index is 13.0. The molecular weight excluding hydrogens is 345 g/mol. The van der Waals surface area contributed by atoms with E-state index in [4.69, 9.17) is 0 Å². The Morgan fingerprint density at radius 3 is 2.12 bits per heavy atom. The Labute approximate surface area is 140 Å². The average Bonchev–Trinajstić information content (AvgIpc) is 2.47. The molecule has 0 fully saturated rings. The van der Waals surface area contributed by atoms with E-state index in [1.165, 1.54) is 24.3 Å². The predicted octanol–water partition coefficient (Wildman–Crippen LogP) is 3.76. The lowest BCUT2D eigenvalue weighted by molar-refractivity contribution is -0.274. The fourth-order valence-electron chi connectivity index (χ4n) is 2.16. The van der Waals surface area contributed by atoms with Crippen molar-refractivity contribution in [2.24, 2.45) is 0 Å². The molecule has 0 saturated carbocycles. The van der Waals surface area contributed by atoms with Crippen LogP contribution in [0, 0.1) is 11.6 Å². The number of nitrogens with one attached hydrogen (secondary N) is 1. The van der Waals surface area contributed by atoms with E-state index in [1.54, 1.807) is 0 Å². The standard InChI is InChI=1S/C17H14F5NO2/c18-13-7-12(8-14(19)10-13)5-6-23-16(24)9-11-1-3-15(4-2-11)25-17(20,21)22/h1-4,7-8,10H,5-6,9H2,(H,23,24). The minimum Gasteiger partial charge on any atom is -0.406 e. The molecule has 2 rings (SSSR count). The van der Waals surface area contributed by atoms with Crippen LogP contribution >= 0.6 is 0 Å². The van der Waals surface area contributed by atoms with Gasteiger partial charge in [-0.15, -0.1) is 13.2 Å². The van der Waals surface area contributed by atoms with Crippen molar-refractivity contribution in [1.82, 2.24) is 5.32 Å². The summed E-state index contributed by atoms with van der Waals surface area (Å²) in [6.45, 7) is 0.178. The summed E-state index contributed by atoms with van der Waals surface area (Å²) in [7, 11) is 0. The largest absolute Gasteiger partial charge is 0.573 e. The molecule has 0 radical (unpaired) electrons. The first-order chi connectivity index (χ1) is 11.7. The normalized spacial score (nSPS) is 11.2. The fraction of sp³-hybridized carbons (Fsp3) is 0.235. The lowest BCUT2D eigenvalue weighted by Crippen LogP contribution is -2.27. The molecule has 25 heavy (non-hydrogen) atoms. The summed E-state index contributed by atoms with van der Waals surface area (Å²) in [5, 5.41) is 2.58. The highest BCUT2D eigenvalue weighted by molar-refractivity contribution is 5.78. The number of hydrogen-bond acceptors (Lipinski definition) is 2. The van der Waals surface area contributed by atoms with Crippen molar-refractivity contribution in [1.29, 1.82) is 0 Å². The average molecular weight is 359 g/mol. The van der Waals surface area contributed by atoms with Crippen molar-refractivity contribution in [3.8, 4) is 5.75 Å². The molecule has 1 N–H and O–H groups in total. The van der Waals surface area contributed by atoms with Crippen molar-refractivity contribution >= 4 is 5.91 Å². The third-order valence-corrected chi connectivity index (χ3v) is 3.18. The second kappa shape index (κ2) is 7.96. The van der Waals surface area contributed by atoms with E-state index in [-0.39, 0.29) is 31.0 Å². The van der Waals surface area contributed by atoms with Gasteiger partial charge < -0.3 is 10.1 Å². The van der Waals surface area contributed by atoms with E-state index >= 15 is 0 Å². The molecular formula is C17H14F5NO2. The Balaban J connectivity index is 1.80. The number of carbonyl (C=O) groups excluding carboxylic acids is 1. The fourth-order valence-corrected chi connectivity index (χ4v) is 2.16. The summed E-state index contributed by atoms with van der Waals surface area (Å²) in [6.07, 6.45) is -4.56. The van der Waals surface area contributed by atoms with E-state index < -0.39 is 18.0 Å². The Kier molecular flexibility index (Phi) is 5.95. The van der Waals surface area contributed by atoms with Crippen LogP contribution in [-0.4, -0.2) is 18.8 Å². The van der Waals surface area contributed by atoms with Crippen LogP contribution < -0.4 is 10.1 Å². The van der Waals surface area contributed by atoms with E-state index in [2.05, 4.69) is 10.1 Å². The highest BCUT2D eigenvalue weighted by Crippen LogP contribution is 2.22. The number of rotatable bonds is 6. The van der Waals surface area contributed by atoms with Crippen LogP contribution in [0.2, 0.25) is 0 Å². The Hall–Kier alpha value is -2.64. The van der Waals surface area contributed by atoms with Gasteiger partial charge in [0.1, 0.15) is 17.4 Å². The van der Waals surface area contributed by atoms with E-state index in [0.29, 0.717) is 11.1 Å². The zero-order valence-electron chi connectivity index (χ0n) is 12.9. The molecule has 0 aliphatic heterocycles. The highest BCUT2D eigenvalue weighted by atomic mass is 19.4. The SMILES string of the molecule is O=C(Cc1ccc(OC(F)(F)F)cc1)NCCc1cc(F)cc(F)c1. The van der Waals surface area contributed by atoms with Crippen molar-refractivity contribution < 1.29 is 31.5 Å². The summed E-state index contributed by atoms with van der Waals surface area (Å²) in [5.74, 6) is -2.11. The molecule has 2 aromatic rings. The number of carbonyl (C=O) groups is 1. The van der Waals surface area contributed by atoms with Gasteiger partial charge in [0.15, 0.2) is 0 Å². The maximum Gasteiger partial charge on any atom is 0.573 e. The highest BCUT2D eigenvalue weighted by Gasteiger charge is 2.30. The Morgan fingerprint density at radius 1 is 0.960 bits per heavy atom. The second-order valence-corrected chi connectivity index (χ2v) is 5.25. The van der Waals surface area contributed by atoms with Gasteiger partial charge >= 0.3 is 6.36 Å². The molecule has 0 spiro atoms. The van der Waals surface area contributed by atoms with Gasteiger partial charge in [0.2, 0.25) is 5.91 Å². The summed E-state index contributed by atoms with van der Waals surface area (Å²) >= 11 is 0. The van der Waals surface area contributed by atoms with Gasteiger partial charge in [-0.1, -0.05) is 12.1 Å². The first-order valence-corrected chi connectivity index (χ1v) is 7.27. The van der Waals surface area contributed by atoms with Crippen LogP contribution in [-0.2, 0) is 17.6 Å². The van der Waals surface area contributed by atoms with Gasteiger partial charge in [-0.2, -0.15) is 0 Å². The van der Waals surface area contributed by atoms with Gasteiger partial charge in [0.05, 0.1) is 6.42 Å². The van der Waals surface area contributed by atoms with Crippen molar-refractivity contribution in [2.75, 3.05) is 6.54 Å². The van der Waals surface area contributed by atoms with Gasteiger partial charge in [-0.3, -0.25) is 4.79 Å². The topological polar surface area (TPSA) is 38.3 Å². The molecule has 0 atom stereocenters. The predicted molar refractivity (Wildman–Crippen MR) is 79.9 cm³/mol. The number of hydrogen-bond donors (Lipinski definition) is 1. The van der Waals surface area contributed by atoms with Crippen LogP contribution in [0.3, 0.4) is 0 Å². The zero-order chi connectivity index (χ0) is 18.4. The molecule has 0 unspecified atom stereocenters. The zero-order valence-corrected chi connectivity index (χ0v) is 12.9. The van der Waals surface area contributed by atoms with E-state index in [0.717, 1.165) is 18.2 Å². The molecule has 0 aliphatic carbocycles. The monoisotopic (exact) mass is 359 g/mol. The molecule has 0 aliphatic rings. The smallest absolute Gasteiger partial charge is 0.406 e. The van der Waals surface area contributed by atoms with Crippen LogP contribution in [0.15, 0.2) is 42.5 Å². The second-order valence-electron chi connectivity index (χ2n) is 5.25. The van der Waals surface area contributed by atoms with Gasteiger partial charge in [0, 0.05) is 12.6 Å². The van der Waals surface area contributed by atoms with Gasteiger partial charge in [0.25, 0.3) is 0 Å². The third-order valence-electron chi connectivity index (χ3n) is 3.18.